The summed E-state index contributed by atoms with van der Waals surface area (Å²) in [6.45, 7) is 0. The van der Waals surface area contributed by atoms with Gasteiger partial charge in [-0.1, -0.05) is 6.07 Å². The van der Waals surface area contributed by atoms with Gasteiger partial charge in [0.25, 0.3) is 5.91 Å². The van der Waals surface area contributed by atoms with Gasteiger partial charge < -0.3 is 10.1 Å². The van der Waals surface area contributed by atoms with Crippen molar-refractivity contribution in [3.63, 3.8) is 0 Å². The maximum absolute atomic E-state index is 12.4. The molecule has 0 aliphatic heterocycles. The van der Waals surface area contributed by atoms with E-state index < -0.39 is 6.04 Å². The van der Waals surface area contributed by atoms with Crippen molar-refractivity contribution < 1.29 is 14.3 Å². The van der Waals surface area contributed by atoms with Gasteiger partial charge in [0, 0.05) is 5.56 Å². The van der Waals surface area contributed by atoms with Gasteiger partial charge in [-0.15, -0.1) is 0 Å². The molecule has 0 saturated heterocycles. The minimum absolute atomic E-state index is 0.204. The summed E-state index contributed by atoms with van der Waals surface area (Å²) < 4.78 is 4.77. The van der Waals surface area contributed by atoms with Crippen molar-refractivity contribution >= 4 is 23.6 Å². The van der Waals surface area contributed by atoms with Gasteiger partial charge in [-0.3, -0.25) is 4.79 Å². The van der Waals surface area contributed by atoms with Gasteiger partial charge in [0.2, 0.25) is 0 Å². The lowest BCUT2D eigenvalue weighted by molar-refractivity contribution is -0.142. The number of ether oxygens (including phenoxy) is 1. The largest absolute Gasteiger partial charge is 0.467 e. The van der Waals surface area contributed by atoms with Crippen LogP contribution in [0.25, 0.3) is 0 Å². The monoisotopic (exact) mass is 321 g/mol. The highest BCUT2D eigenvalue weighted by Crippen LogP contribution is 2.22. The number of benzene rings is 1. The van der Waals surface area contributed by atoms with Gasteiger partial charge in [0.15, 0.2) is 0 Å². The Morgan fingerprint density at radius 1 is 1.27 bits per heavy atom. The zero-order chi connectivity index (χ0) is 15.9. The predicted molar refractivity (Wildman–Crippen MR) is 89.4 cm³/mol. The summed E-state index contributed by atoms with van der Waals surface area (Å²) in [7, 11) is 1.35. The van der Waals surface area contributed by atoms with Crippen LogP contribution in [0.5, 0.6) is 0 Å². The number of fused-ring (bicyclic) bond motifs is 1. The summed E-state index contributed by atoms with van der Waals surface area (Å²) >= 11 is 1.64. The fourth-order valence-electron chi connectivity index (χ4n) is 2.74. The van der Waals surface area contributed by atoms with Gasteiger partial charge >= 0.3 is 5.97 Å². The molecule has 1 aromatic rings. The van der Waals surface area contributed by atoms with Crippen LogP contribution in [0.3, 0.4) is 0 Å². The lowest BCUT2D eigenvalue weighted by Gasteiger charge is -2.18. The van der Waals surface area contributed by atoms with Gasteiger partial charge in [0.1, 0.15) is 6.04 Å². The van der Waals surface area contributed by atoms with E-state index >= 15 is 0 Å². The minimum atomic E-state index is -0.582. The second-order valence-electron chi connectivity index (χ2n) is 5.52. The van der Waals surface area contributed by atoms with Gasteiger partial charge in [-0.2, -0.15) is 11.8 Å². The molecule has 0 aromatic heterocycles. The molecule has 0 heterocycles. The molecular formula is C17H23NO3S. The summed E-state index contributed by atoms with van der Waals surface area (Å²) in [6, 6.07) is 5.27. The van der Waals surface area contributed by atoms with Crippen molar-refractivity contribution in [2.45, 2.75) is 38.1 Å². The van der Waals surface area contributed by atoms with Gasteiger partial charge in [-0.05, 0) is 67.4 Å². The Bertz CT molecular complexity index is 545. The van der Waals surface area contributed by atoms with E-state index in [0.29, 0.717) is 12.0 Å². The number of nitrogens with one attached hydrogen (secondary N) is 1. The Balaban J connectivity index is 2.07. The maximum atomic E-state index is 12.4. The first-order chi connectivity index (χ1) is 10.7. The van der Waals surface area contributed by atoms with Crippen molar-refractivity contribution in [3.8, 4) is 0 Å². The molecular weight excluding hydrogens is 298 g/mol. The molecule has 0 bridgehead atoms. The number of aryl methyl sites for hydroxylation is 2. The second kappa shape index (κ2) is 8.22. The molecule has 0 spiro atoms. The summed E-state index contributed by atoms with van der Waals surface area (Å²) in [5.74, 6) is 0.203. The van der Waals surface area contributed by atoms with Crippen molar-refractivity contribution in [1.82, 2.24) is 5.32 Å². The normalized spacial score (nSPS) is 14.8. The number of carbonyl (C=O) groups is 2. The van der Waals surface area contributed by atoms with E-state index in [0.717, 1.165) is 18.6 Å². The van der Waals surface area contributed by atoms with Crippen LogP contribution in [0, 0.1) is 0 Å². The average molecular weight is 321 g/mol. The van der Waals surface area contributed by atoms with Crippen LogP contribution in [0.1, 0.15) is 40.7 Å². The van der Waals surface area contributed by atoms with E-state index in [4.69, 9.17) is 4.74 Å². The number of amides is 1. The van der Waals surface area contributed by atoms with E-state index in [1.54, 1.807) is 11.8 Å². The van der Waals surface area contributed by atoms with Crippen molar-refractivity contribution in [1.29, 1.82) is 0 Å². The standard InChI is InChI=1S/C17H23NO3S/c1-21-17(20)15(9-10-22-2)18-16(19)14-8-7-12-5-3-4-6-13(12)11-14/h7-8,11,15H,3-6,9-10H2,1-2H3,(H,18,19)/t15-/m0/s1. The molecule has 1 aromatic carbocycles. The Hall–Kier alpha value is -1.49. The first-order valence-electron chi connectivity index (χ1n) is 7.65. The number of carbonyl (C=O) groups excluding carboxylic acids is 2. The summed E-state index contributed by atoms with van der Waals surface area (Å²) in [5, 5.41) is 2.80. The number of esters is 1. The third-order valence-corrected chi connectivity index (χ3v) is 4.66. The van der Waals surface area contributed by atoms with Crippen LogP contribution in [0.4, 0.5) is 0 Å². The predicted octanol–water partition coefficient (Wildman–Crippen LogP) is 2.59. The Morgan fingerprint density at radius 2 is 2.00 bits per heavy atom. The van der Waals surface area contributed by atoms with E-state index in [1.165, 1.54) is 31.1 Å². The average Bonchev–Trinajstić information content (AvgIpc) is 2.57. The minimum Gasteiger partial charge on any atom is -0.467 e. The van der Waals surface area contributed by atoms with Crippen LogP contribution >= 0.6 is 11.8 Å². The molecule has 1 N–H and O–H groups in total. The quantitative estimate of drug-likeness (QED) is 0.818. The number of methoxy groups -OCH3 is 1. The molecule has 0 unspecified atom stereocenters. The topological polar surface area (TPSA) is 55.4 Å². The second-order valence-corrected chi connectivity index (χ2v) is 6.51. The summed E-state index contributed by atoms with van der Waals surface area (Å²) in [5.41, 5.74) is 3.23. The molecule has 120 valence electrons. The first kappa shape index (κ1) is 16.9. The molecule has 1 aliphatic rings. The zero-order valence-electron chi connectivity index (χ0n) is 13.2. The number of hydrogen-bond donors (Lipinski definition) is 1. The number of hydrogen-bond acceptors (Lipinski definition) is 4. The van der Waals surface area contributed by atoms with E-state index in [1.807, 2.05) is 24.5 Å². The molecule has 5 heteroatoms. The number of rotatable bonds is 6. The van der Waals surface area contributed by atoms with Crippen LogP contribution in [-0.2, 0) is 22.4 Å². The van der Waals surface area contributed by atoms with Crippen LogP contribution in [0.2, 0.25) is 0 Å². The molecule has 0 fully saturated rings. The summed E-state index contributed by atoms with van der Waals surface area (Å²) in [4.78, 5) is 24.2. The van der Waals surface area contributed by atoms with Gasteiger partial charge in [-0.25, -0.2) is 4.79 Å². The molecule has 1 atom stereocenters. The highest BCUT2D eigenvalue weighted by molar-refractivity contribution is 7.98. The Labute approximate surface area is 136 Å². The molecule has 0 saturated carbocycles. The van der Waals surface area contributed by atoms with Crippen LogP contribution in [0.15, 0.2) is 18.2 Å². The van der Waals surface area contributed by atoms with Crippen LogP contribution in [-0.4, -0.2) is 37.0 Å². The molecule has 22 heavy (non-hydrogen) atoms. The Kier molecular flexibility index (Phi) is 6.31. The van der Waals surface area contributed by atoms with Crippen molar-refractivity contribution in [2.75, 3.05) is 19.1 Å². The third kappa shape index (κ3) is 4.26. The zero-order valence-corrected chi connectivity index (χ0v) is 14.0. The van der Waals surface area contributed by atoms with E-state index in [9.17, 15) is 9.59 Å². The highest BCUT2D eigenvalue weighted by Gasteiger charge is 2.22. The van der Waals surface area contributed by atoms with Crippen molar-refractivity contribution in [2.24, 2.45) is 0 Å². The van der Waals surface area contributed by atoms with E-state index in [-0.39, 0.29) is 11.9 Å². The smallest absolute Gasteiger partial charge is 0.328 e. The SMILES string of the molecule is COC(=O)[C@H](CCSC)NC(=O)c1ccc2c(c1)CCCC2. The lowest BCUT2D eigenvalue weighted by Crippen LogP contribution is -2.42. The molecule has 1 aliphatic carbocycles. The molecule has 1 amide bonds. The fraction of sp³-hybridized carbons (Fsp3) is 0.529. The molecule has 0 radical (unpaired) electrons. The molecule has 2 rings (SSSR count). The number of thioether (sulfide) groups is 1. The first-order valence-corrected chi connectivity index (χ1v) is 9.04. The third-order valence-electron chi connectivity index (χ3n) is 4.01. The fourth-order valence-corrected chi connectivity index (χ4v) is 3.21. The van der Waals surface area contributed by atoms with Crippen molar-refractivity contribution in [3.05, 3.63) is 34.9 Å². The van der Waals surface area contributed by atoms with Gasteiger partial charge in [0.05, 0.1) is 7.11 Å². The Morgan fingerprint density at radius 3 is 2.68 bits per heavy atom. The van der Waals surface area contributed by atoms with E-state index in [2.05, 4.69) is 5.32 Å². The highest BCUT2D eigenvalue weighted by atomic mass is 32.2. The molecule has 4 nitrogen and oxygen atoms in total. The summed E-state index contributed by atoms with van der Waals surface area (Å²) in [6.07, 6.45) is 7.07. The lowest BCUT2D eigenvalue weighted by atomic mass is 9.90. The maximum Gasteiger partial charge on any atom is 0.328 e. The van der Waals surface area contributed by atoms with Crippen LogP contribution < -0.4 is 5.32 Å².